The number of imidazole rings is 1. The Kier molecular flexibility index (Phi) is 6.80. The number of nitrogens with two attached hydrogens (primary N) is 1. The average molecular weight is 514 g/mol. The molecule has 1 heterocycles. The van der Waals surface area contributed by atoms with Crippen LogP contribution in [0.2, 0.25) is 0 Å². The van der Waals surface area contributed by atoms with Crippen molar-refractivity contribution >= 4 is 22.9 Å². The molecule has 0 bridgehead atoms. The van der Waals surface area contributed by atoms with Crippen molar-refractivity contribution in [2.24, 2.45) is 5.73 Å². The second-order valence-electron chi connectivity index (χ2n) is 10.2. The number of aromatic carboxylic acids is 1. The van der Waals surface area contributed by atoms with Gasteiger partial charge in [0.1, 0.15) is 11.6 Å². The van der Waals surface area contributed by atoms with Crippen LogP contribution in [0.25, 0.3) is 22.4 Å². The van der Waals surface area contributed by atoms with Gasteiger partial charge in [-0.15, -0.1) is 0 Å². The van der Waals surface area contributed by atoms with Crippen molar-refractivity contribution in [2.45, 2.75) is 57.6 Å². The lowest BCUT2D eigenvalue weighted by atomic mass is 9.95. The molecule has 3 N–H and O–H groups in total. The molecule has 0 spiro atoms. The number of hydrogen-bond acceptors (Lipinski definition) is 5. The minimum absolute atomic E-state index is 0.224. The summed E-state index contributed by atoms with van der Waals surface area (Å²) in [6.45, 7) is 3.22. The summed E-state index contributed by atoms with van der Waals surface area (Å²) in [5.41, 5.74) is 7.03. The first-order chi connectivity index (χ1) is 18.2. The first kappa shape index (κ1) is 25.3. The van der Waals surface area contributed by atoms with Crippen LogP contribution >= 0.6 is 0 Å². The van der Waals surface area contributed by atoms with E-state index in [1.807, 2.05) is 36.4 Å². The summed E-state index contributed by atoms with van der Waals surface area (Å²) in [5.74, 6) is 0.737. The fraction of sp³-hybridized carbons (Fsp3) is 0.300. The quantitative estimate of drug-likeness (QED) is 0.284. The Morgan fingerprint density at radius 1 is 0.974 bits per heavy atom. The zero-order chi connectivity index (χ0) is 26.9. The molecule has 0 aliphatic heterocycles. The molecule has 196 valence electrons. The number of ether oxygens (including phenoxy) is 2. The van der Waals surface area contributed by atoms with Gasteiger partial charge >= 0.3 is 5.97 Å². The highest BCUT2D eigenvalue weighted by molar-refractivity contribution is 5.93. The number of carboxylic acids is 1. The fourth-order valence-electron chi connectivity index (χ4n) is 4.89. The second kappa shape index (κ2) is 10.2. The van der Waals surface area contributed by atoms with Crippen LogP contribution in [0, 0.1) is 0 Å². The number of carboxylic acid groups (broad SMARTS) is 1. The van der Waals surface area contributed by atoms with Gasteiger partial charge in [-0.1, -0.05) is 31.4 Å². The maximum absolute atomic E-state index is 11.7. The van der Waals surface area contributed by atoms with Gasteiger partial charge in [0, 0.05) is 11.6 Å². The number of nitrogens with zero attached hydrogens (tertiary/aromatic N) is 2. The predicted molar refractivity (Wildman–Crippen MR) is 145 cm³/mol. The van der Waals surface area contributed by atoms with Crippen LogP contribution in [0.4, 0.5) is 0 Å². The minimum Gasteiger partial charge on any atom is -0.478 e. The Bertz CT molecular complexity index is 1480. The SMILES string of the molecule is CC(C)(Oc1ccccc1Oc1ccc(-c2nc3cc(C(=O)O)ccc3n2C2CCCCC2)cc1)C(N)=O. The smallest absolute Gasteiger partial charge is 0.335 e. The average Bonchev–Trinajstić information content (AvgIpc) is 3.29. The highest BCUT2D eigenvalue weighted by atomic mass is 16.5. The maximum atomic E-state index is 11.7. The number of rotatable bonds is 8. The molecule has 5 rings (SSSR count). The van der Waals surface area contributed by atoms with Gasteiger partial charge in [0.25, 0.3) is 5.91 Å². The van der Waals surface area contributed by atoms with Crippen LogP contribution in [-0.2, 0) is 4.79 Å². The van der Waals surface area contributed by atoms with Gasteiger partial charge in [0.05, 0.1) is 16.6 Å². The summed E-state index contributed by atoms with van der Waals surface area (Å²) in [5, 5.41) is 9.47. The Balaban J connectivity index is 1.47. The van der Waals surface area contributed by atoms with Crippen LogP contribution in [0.3, 0.4) is 0 Å². The van der Waals surface area contributed by atoms with E-state index < -0.39 is 17.5 Å². The lowest BCUT2D eigenvalue weighted by Gasteiger charge is -2.25. The third-order valence-corrected chi connectivity index (χ3v) is 7.02. The Hall–Kier alpha value is -4.33. The number of fused-ring (bicyclic) bond motifs is 1. The van der Waals surface area contributed by atoms with Gasteiger partial charge in [0.15, 0.2) is 17.1 Å². The van der Waals surface area contributed by atoms with Crippen molar-refractivity contribution in [1.29, 1.82) is 0 Å². The maximum Gasteiger partial charge on any atom is 0.335 e. The molecule has 0 saturated heterocycles. The predicted octanol–water partition coefficient (Wildman–Crippen LogP) is 6.34. The van der Waals surface area contributed by atoms with Crippen molar-refractivity contribution in [1.82, 2.24) is 9.55 Å². The molecule has 0 radical (unpaired) electrons. The van der Waals surface area contributed by atoms with Gasteiger partial charge in [-0.2, -0.15) is 0 Å². The summed E-state index contributed by atoms with van der Waals surface area (Å²) in [4.78, 5) is 28.2. The zero-order valence-electron chi connectivity index (χ0n) is 21.5. The largest absolute Gasteiger partial charge is 0.478 e. The first-order valence-corrected chi connectivity index (χ1v) is 12.8. The molecule has 8 nitrogen and oxygen atoms in total. The van der Waals surface area contributed by atoms with Crippen molar-refractivity contribution in [3.05, 3.63) is 72.3 Å². The summed E-state index contributed by atoms with van der Waals surface area (Å²) in [6, 6.07) is 20.2. The van der Waals surface area contributed by atoms with Crippen molar-refractivity contribution in [3.63, 3.8) is 0 Å². The molecule has 8 heteroatoms. The van der Waals surface area contributed by atoms with Gasteiger partial charge in [-0.25, -0.2) is 9.78 Å². The lowest BCUT2D eigenvalue weighted by molar-refractivity contribution is -0.130. The molecule has 1 aliphatic rings. The van der Waals surface area contributed by atoms with E-state index in [0.29, 0.717) is 28.8 Å². The van der Waals surface area contributed by atoms with E-state index in [9.17, 15) is 14.7 Å². The van der Waals surface area contributed by atoms with Gasteiger partial charge < -0.3 is 24.9 Å². The van der Waals surface area contributed by atoms with Crippen LogP contribution in [0.15, 0.2) is 66.7 Å². The van der Waals surface area contributed by atoms with Crippen molar-refractivity contribution < 1.29 is 24.2 Å². The van der Waals surface area contributed by atoms with Gasteiger partial charge in [-0.05, 0) is 81.3 Å². The van der Waals surface area contributed by atoms with E-state index >= 15 is 0 Å². The van der Waals surface area contributed by atoms with Crippen LogP contribution in [0.5, 0.6) is 17.2 Å². The fourth-order valence-corrected chi connectivity index (χ4v) is 4.89. The van der Waals surface area contributed by atoms with Crippen molar-refractivity contribution in [3.8, 4) is 28.6 Å². The number of primary amides is 1. The minimum atomic E-state index is -1.19. The zero-order valence-corrected chi connectivity index (χ0v) is 21.5. The standard InChI is InChI=1S/C30H31N3O5/c1-30(2,29(31)36)38-26-11-7-6-10-25(26)37-22-15-12-19(13-16-22)27-32-23-18-20(28(34)35)14-17-24(23)33(27)21-8-4-3-5-9-21/h6-7,10-18,21H,3-5,8-9H2,1-2H3,(H2,31,36)(H,34,35). The third kappa shape index (κ3) is 5.07. The van der Waals surface area contributed by atoms with Crippen molar-refractivity contribution in [2.75, 3.05) is 0 Å². The Morgan fingerprint density at radius 2 is 1.66 bits per heavy atom. The van der Waals surface area contributed by atoms with Gasteiger partial charge in [-0.3, -0.25) is 4.79 Å². The third-order valence-electron chi connectivity index (χ3n) is 7.02. The summed E-state index contributed by atoms with van der Waals surface area (Å²) in [7, 11) is 0. The summed E-state index contributed by atoms with van der Waals surface area (Å²) < 4.78 is 14.2. The molecule has 1 amide bonds. The highest BCUT2D eigenvalue weighted by Gasteiger charge is 2.28. The Labute approximate surface area is 221 Å². The lowest BCUT2D eigenvalue weighted by Crippen LogP contribution is -2.43. The van der Waals surface area contributed by atoms with Gasteiger partial charge in [0.2, 0.25) is 0 Å². The molecule has 1 saturated carbocycles. The number of benzene rings is 3. The second-order valence-corrected chi connectivity index (χ2v) is 10.2. The van der Waals surface area contributed by atoms with E-state index in [2.05, 4.69) is 4.57 Å². The first-order valence-electron chi connectivity index (χ1n) is 12.8. The normalized spacial score (nSPS) is 14.4. The van der Waals surface area contributed by atoms with E-state index in [-0.39, 0.29) is 5.56 Å². The number of aromatic nitrogens is 2. The van der Waals surface area contributed by atoms with E-state index in [0.717, 1.165) is 42.6 Å². The van der Waals surface area contributed by atoms with E-state index in [1.165, 1.54) is 6.42 Å². The molecule has 1 fully saturated rings. The molecule has 1 aliphatic carbocycles. The topological polar surface area (TPSA) is 117 Å². The van der Waals surface area contributed by atoms with E-state index in [1.54, 1.807) is 44.2 Å². The monoisotopic (exact) mass is 513 g/mol. The number of para-hydroxylation sites is 2. The highest BCUT2D eigenvalue weighted by Crippen LogP contribution is 2.38. The molecular formula is C30H31N3O5. The molecule has 4 aromatic rings. The number of hydrogen-bond donors (Lipinski definition) is 2. The summed E-state index contributed by atoms with van der Waals surface area (Å²) in [6.07, 6.45) is 5.70. The number of carbonyl (C=O) groups excluding carboxylic acids is 1. The molecular weight excluding hydrogens is 482 g/mol. The molecule has 3 aromatic carbocycles. The summed E-state index contributed by atoms with van der Waals surface area (Å²) >= 11 is 0. The van der Waals surface area contributed by atoms with Crippen LogP contribution < -0.4 is 15.2 Å². The molecule has 1 aromatic heterocycles. The number of carbonyl (C=O) groups is 2. The number of amides is 1. The molecule has 0 atom stereocenters. The molecule has 0 unspecified atom stereocenters. The van der Waals surface area contributed by atoms with Crippen LogP contribution in [0.1, 0.15) is 62.4 Å². The Morgan fingerprint density at radius 3 is 2.32 bits per heavy atom. The van der Waals surface area contributed by atoms with Crippen LogP contribution in [-0.4, -0.2) is 32.1 Å². The van der Waals surface area contributed by atoms with E-state index in [4.69, 9.17) is 20.2 Å². The molecule has 38 heavy (non-hydrogen) atoms.